The number of ether oxygens (including phenoxy) is 2. The second-order valence-electron chi connectivity index (χ2n) is 11.4. The molecule has 0 radical (unpaired) electrons. The van der Waals surface area contributed by atoms with Gasteiger partial charge < -0.3 is 19.8 Å². The highest BCUT2D eigenvalue weighted by Gasteiger charge is 2.39. The highest BCUT2D eigenvalue weighted by Crippen LogP contribution is 2.43. The maximum Gasteiger partial charge on any atom is 0.407 e. The fourth-order valence-electron chi connectivity index (χ4n) is 5.07. The summed E-state index contributed by atoms with van der Waals surface area (Å²) in [6.45, 7) is 11.9. The summed E-state index contributed by atoms with van der Waals surface area (Å²) < 4.78 is 25.9. The fraction of sp³-hybridized carbons (Fsp3) is 0.571. The summed E-state index contributed by atoms with van der Waals surface area (Å²) in [4.78, 5) is 22.3. The Morgan fingerprint density at radius 1 is 1.22 bits per heavy atom. The number of aliphatic imine (C=N–C) groups is 1. The third-order valence-corrected chi connectivity index (χ3v) is 6.47. The molecule has 0 saturated carbocycles. The molecule has 0 aliphatic carbocycles. The van der Waals surface area contributed by atoms with E-state index >= 15 is 0 Å². The second kappa shape index (κ2) is 10.2. The largest absolute Gasteiger partial charge is 0.479 e. The van der Waals surface area contributed by atoms with E-state index < -0.39 is 17.4 Å². The molecule has 3 heterocycles. The van der Waals surface area contributed by atoms with E-state index in [1.807, 2.05) is 33.0 Å². The third kappa shape index (κ3) is 6.27. The molecule has 4 rings (SSSR count). The predicted octanol–water partition coefficient (Wildman–Crippen LogP) is 5.82. The summed E-state index contributed by atoms with van der Waals surface area (Å²) in [7, 11) is 0. The SMILES string of the molecule is C[C@@H]1Cc2c([nH]c3ccccc23)C(C2=CN=C(OCCNC(=O)OC(C)(C)C)CC2)N1CC(C)(C)F. The smallest absolute Gasteiger partial charge is 0.407 e. The lowest BCUT2D eigenvalue weighted by atomic mass is 9.86. The molecule has 0 bridgehead atoms. The van der Waals surface area contributed by atoms with Gasteiger partial charge in [0.1, 0.15) is 17.9 Å². The number of halogens is 1. The number of hydrogen-bond donors (Lipinski definition) is 2. The Balaban J connectivity index is 1.50. The van der Waals surface area contributed by atoms with Gasteiger partial charge in [0.15, 0.2) is 5.90 Å². The monoisotopic (exact) mass is 498 g/mol. The van der Waals surface area contributed by atoms with Crippen molar-refractivity contribution in [3.8, 4) is 0 Å². The summed E-state index contributed by atoms with van der Waals surface area (Å²) in [5, 5.41) is 3.93. The Labute approximate surface area is 213 Å². The maximum atomic E-state index is 14.9. The Hall–Kier alpha value is -2.87. The molecule has 1 aromatic heterocycles. The minimum atomic E-state index is -1.32. The zero-order valence-corrected chi connectivity index (χ0v) is 22.3. The number of alkyl halides is 1. The molecule has 0 saturated heterocycles. The van der Waals surface area contributed by atoms with Crippen LogP contribution >= 0.6 is 0 Å². The van der Waals surface area contributed by atoms with Gasteiger partial charge in [0, 0.05) is 41.8 Å². The van der Waals surface area contributed by atoms with Gasteiger partial charge in [-0.25, -0.2) is 14.2 Å². The number of carbonyl (C=O) groups excluding carboxylic acids is 1. The van der Waals surface area contributed by atoms with E-state index in [4.69, 9.17) is 9.47 Å². The molecule has 196 valence electrons. The molecule has 2 N–H and O–H groups in total. The number of fused-ring (bicyclic) bond motifs is 3. The molecular weight excluding hydrogens is 459 g/mol. The van der Waals surface area contributed by atoms with Gasteiger partial charge in [-0.3, -0.25) is 4.90 Å². The molecule has 1 amide bonds. The zero-order valence-electron chi connectivity index (χ0n) is 22.3. The van der Waals surface area contributed by atoms with Gasteiger partial charge in [-0.2, -0.15) is 0 Å². The summed E-state index contributed by atoms with van der Waals surface area (Å²) in [6.07, 6.45) is 3.73. The number of hydrogen-bond acceptors (Lipinski definition) is 5. The number of nitrogens with one attached hydrogen (secondary N) is 2. The number of nitrogens with zero attached hydrogens (tertiary/aromatic N) is 2. The van der Waals surface area contributed by atoms with Gasteiger partial charge in [-0.15, -0.1) is 0 Å². The Kier molecular flexibility index (Phi) is 7.46. The van der Waals surface area contributed by atoms with Gasteiger partial charge >= 0.3 is 6.09 Å². The van der Waals surface area contributed by atoms with E-state index in [0.29, 0.717) is 32.0 Å². The van der Waals surface area contributed by atoms with E-state index in [9.17, 15) is 9.18 Å². The van der Waals surface area contributed by atoms with E-state index in [2.05, 4.69) is 45.3 Å². The number of rotatable bonds is 6. The van der Waals surface area contributed by atoms with E-state index in [-0.39, 0.29) is 12.1 Å². The Morgan fingerprint density at radius 3 is 2.64 bits per heavy atom. The van der Waals surface area contributed by atoms with Crippen LogP contribution in [-0.2, 0) is 15.9 Å². The Morgan fingerprint density at radius 2 is 1.97 bits per heavy atom. The summed E-state index contributed by atoms with van der Waals surface area (Å²) >= 11 is 0. The number of H-pyrrole nitrogens is 1. The molecular formula is C28H39FN4O3. The fourth-order valence-corrected chi connectivity index (χ4v) is 5.07. The normalized spacial score (nSPS) is 21.0. The summed E-state index contributed by atoms with van der Waals surface area (Å²) in [5.41, 5.74) is 2.87. The molecule has 2 aliphatic heterocycles. The second-order valence-corrected chi connectivity index (χ2v) is 11.4. The molecule has 2 atom stereocenters. The van der Waals surface area contributed by atoms with Gasteiger partial charge in [0.2, 0.25) is 0 Å². The molecule has 0 fully saturated rings. The van der Waals surface area contributed by atoms with Crippen LogP contribution in [0.25, 0.3) is 10.9 Å². The first-order valence-corrected chi connectivity index (χ1v) is 12.8. The van der Waals surface area contributed by atoms with Crippen LogP contribution in [0.15, 0.2) is 41.0 Å². The molecule has 2 aromatic rings. The van der Waals surface area contributed by atoms with Crippen molar-refractivity contribution >= 4 is 22.9 Å². The number of aromatic nitrogens is 1. The van der Waals surface area contributed by atoms with Crippen molar-refractivity contribution in [2.75, 3.05) is 19.7 Å². The van der Waals surface area contributed by atoms with E-state index in [1.165, 1.54) is 10.9 Å². The first-order valence-electron chi connectivity index (χ1n) is 12.8. The van der Waals surface area contributed by atoms with Crippen molar-refractivity contribution in [1.82, 2.24) is 15.2 Å². The first-order chi connectivity index (χ1) is 16.9. The van der Waals surface area contributed by atoms with Crippen LogP contribution in [0.2, 0.25) is 0 Å². The zero-order chi connectivity index (χ0) is 26.1. The van der Waals surface area contributed by atoms with Gasteiger partial charge in [0.05, 0.1) is 12.6 Å². The van der Waals surface area contributed by atoms with Gasteiger partial charge in [-0.05, 0) is 71.6 Å². The minimum absolute atomic E-state index is 0.0645. The lowest BCUT2D eigenvalue weighted by Crippen LogP contribution is -2.48. The lowest BCUT2D eigenvalue weighted by Gasteiger charge is -2.44. The molecule has 7 nitrogen and oxygen atoms in total. The minimum Gasteiger partial charge on any atom is -0.479 e. The number of aromatic amines is 1. The van der Waals surface area contributed by atoms with Crippen LogP contribution in [0.3, 0.4) is 0 Å². The van der Waals surface area contributed by atoms with Crippen molar-refractivity contribution in [3.63, 3.8) is 0 Å². The van der Waals surface area contributed by atoms with Crippen molar-refractivity contribution in [2.45, 2.75) is 84.2 Å². The van der Waals surface area contributed by atoms with Crippen LogP contribution in [-0.4, -0.2) is 58.9 Å². The van der Waals surface area contributed by atoms with E-state index in [1.54, 1.807) is 13.8 Å². The first kappa shape index (κ1) is 26.2. The van der Waals surface area contributed by atoms with Gasteiger partial charge in [-0.1, -0.05) is 18.2 Å². The average molecular weight is 499 g/mol. The molecule has 1 unspecified atom stereocenters. The lowest BCUT2D eigenvalue weighted by molar-refractivity contribution is 0.0519. The van der Waals surface area contributed by atoms with Crippen LogP contribution < -0.4 is 5.32 Å². The van der Waals surface area contributed by atoms with Crippen molar-refractivity contribution in [3.05, 3.63) is 47.3 Å². The summed E-state index contributed by atoms with van der Waals surface area (Å²) in [6, 6.07) is 8.50. The number of benzene rings is 1. The van der Waals surface area contributed by atoms with Crippen LogP contribution in [0.5, 0.6) is 0 Å². The molecule has 1 aromatic carbocycles. The molecule has 36 heavy (non-hydrogen) atoms. The highest BCUT2D eigenvalue weighted by atomic mass is 19.1. The highest BCUT2D eigenvalue weighted by molar-refractivity contribution is 5.85. The van der Waals surface area contributed by atoms with Crippen molar-refractivity contribution in [1.29, 1.82) is 0 Å². The number of para-hydroxylation sites is 1. The van der Waals surface area contributed by atoms with E-state index in [0.717, 1.165) is 29.6 Å². The summed E-state index contributed by atoms with van der Waals surface area (Å²) in [5.74, 6) is 0.642. The number of alkyl carbamates (subject to hydrolysis) is 1. The van der Waals surface area contributed by atoms with Crippen LogP contribution in [0.4, 0.5) is 9.18 Å². The van der Waals surface area contributed by atoms with Crippen molar-refractivity contribution < 1.29 is 18.7 Å². The molecule has 8 heteroatoms. The average Bonchev–Trinajstić information content (AvgIpc) is 3.14. The molecule has 0 spiro atoms. The van der Waals surface area contributed by atoms with Crippen molar-refractivity contribution in [2.24, 2.45) is 4.99 Å². The van der Waals surface area contributed by atoms with Crippen LogP contribution in [0, 0.1) is 0 Å². The number of carbonyl (C=O) groups is 1. The van der Waals surface area contributed by atoms with Gasteiger partial charge in [0.25, 0.3) is 0 Å². The standard InChI is InChI=1S/C28H39FN4O3/c1-18-15-21-20-9-7-8-10-22(20)32-24(21)25(33(18)17-28(5,6)29)19-11-12-23(31-16-19)35-14-13-30-26(34)36-27(2,3)4/h7-10,16,18,25,32H,11-15,17H2,1-6H3,(H,30,34)/t18-,25?/m1/s1. The maximum absolute atomic E-state index is 14.9. The van der Waals surface area contributed by atoms with Crippen LogP contribution in [0.1, 0.15) is 71.7 Å². The quantitative estimate of drug-likeness (QED) is 0.492. The third-order valence-electron chi connectivity index (χ3n) is 6.47. The topological polar surface area (TPSA) is 78.9 Å². The number of amides is 1. The molecule has 2 aliphatic rings. The predicted molar refractivity (Wildman–Crippen MR) is 141 cm³/mol. The Bertz CT molecular complexity index is 1160.